The number of fused-ring (bicyclic) bond motifs is 1. The van der Waals surface area contributed by atoms with Gasteiger partial charge in [-0.05, 0) is 50.3 Å². The summed E-state index contributed by atoms with van der Waals surface area (Å²) in [5, 5.41) is 37.9. The molecule has 0 spiro atoms. The zero-order valence-corrected chi connectivity index (χ0v) is 44.1. The second-order valence-electron chi connectivity index (χ2n) is 19.9. The Morgan fingerprint density at radius 2 is 1.04 bits per heavy atom. The Balaban J connectivity index is 2.12. The lowest BCUT2D eigenvalue weighted by Gasteiger charge is -2.31. The molecule has 3 rings (SSSR count). The number of nitrogens with zero attached hydrogens (tertiary/aromatic N) is 1. The molecule has 1 aromatic carbocycles. The topological polar surface area (TPSA) is 437 Å². The average molecular weight is 1090 g/mol. The predicted octanol–water partition coefficient (Wildman–Crippen LogP) is -2.30. The van der Waals surface area contributed by atoms with Crippen molar-refractivity contribution < 1.29 is 67.7 Å². The number of aromatic hydroxyl groups is 1. The number of hydrogen-bond acceptors (Lipinski definition) is 14. The molecule has 9 unspecified atom stereocenters. The van der Waals surface area contributed by atoms with E-state index in [0.717, 1.165) is 43.4 Å². The van der Waals surface area contributed by atoms with Crippen LogP contribution in [0.5, 0.6) is 5.75 Å². The highest BCUT2D eigenvalue weighted by atomic mass is 16.3. The number of phenols is 1. The number of amides is 12. The van der Waals surface area contributed by atoms with Crippen molar-refractivity contribution >= 4 is 70.9 Å². The van der Waals surface area contributed by atoms with E-state index in [4.69, 9.17) is 22.9 Å². The fourth-order valence-electron chi connectivity index (χ4n) is 9.15. The SMILES string of the molecule is CCCCCCCCCCCCCC1CC(=O)NC(CC(N)=O)C(=O)NC(Cc2ccc(O)cc2)C(=O)NC(CC(N)=O)C(=O)NC(CCC(N)=O)C(=O)N2CCCC2C(=O)NC(CC(N)=O)C(=O)NC(C(C)O)C(=O)N1. The monoisotopic (exact) mass is 1080 g/mol. The number of benzene rings is 1. The minimum atomic E-state index is -1.86. The Kier molecular flexibility index (Phi) is 27.3. The maximum absolute atomic E-state index is 14.3. The van der Waals surface area contributed by atoms with Gasteiger partial charge in [-0.2, -0.15) is 0 Å². The van der Waals surface area contributed by atoms with Gasteiger partial charge in [-0.25, -0.2) is 0 Å². The van der Waals surface area contributed by atoms with Crippen molar-refractivity contribution in [2.24, 2.45) is 22.9 Å². The van der Waals surface area contributed by atoms with E-state index in [1.54, 1.807) is 0 Å². The third-order valence-corrected chi connectivity index (χ3v) is 13.3. The quantitative estimate of drug-likeness (QED) is 0.0485. The van der Waals surface area contributed by atoms with Crippen LogP contribution in [0, 0.1) is 0 Å². The van der Waals surface area contributed by atoms with Gasteiger partial charge < -0.3 is 75.3 Å². The van der Waals surface area contributed by atoms with Crippen LogP contribution in [0.3, 0.4) is 0 Å². The number of nitrogens with one attached hydrogen (secondary N) is 7. The Labute approximate surface area is 447 Å². The second kappa shape index (κ2) is 32.9. The van der Waals surface area contributed by atoms with Crippen LogP contribution in [0.1, 0.15) is 148 Å². The van der Waals surface area contributed by atoms with Gasteiger partial charge in [-0.1, -0.05) is 89.7 Å². The standard InChI is InChI=1S/C51H80N12O14/c1-3-4-5-6-7-8-9-10-11-12-13-15-31-25-43(70)57-35(26-40(53)67)46(72)59-34(24-30-17-19-32(65)20-18-30)45(71)60-36(27-41(54)68)47(73)58-33(21-22-39(52)66)51(77)63-23-14-16-38(63)49(75)61-37(28-42(55)69)48(74)62-44(29(2)64)50(76)56-31/h17-20,29,31,33-38,44,64-65H,3-16,21-28H2,1-2H3,(H2,52,66)(H2,53,67)(H2,54,68)(H2,55,69)(H,56,76)(H,57,70)(H,58,73)(H,59,72)(H,60,71)(H,61,75)(H,62,74). The summed E-state index contributed by atoms with van der Waals surface area (Å²) in [7, 11) is 0. The summed E-state index contributed by atoms with van der Waals surface area (Å²) in [4.78, 5) is 163. The van der Waals surface area contributed by atoms with E-state index in [1.807, 2.05) is 0 Å². The van der Waals surface area contributed by atoms with Gasteiger partial charge in [-0.15, -0.1) is 0 Å². The van der Waals surface area contributed by atoms with E-state index in [9.17, 15) is 67.7 Å². The lowest BCUT2D eigenvalue weighted by atomic mass is 10.0. The Morgan fingerprint density at radius 1 is 0.571 bits per heavy atom. The predicted molar refractivity (Wildman–Crippen MR) is 277 cm³/mol. The Morgan fingerprint density at radius 3 is 1.56 bits per heavy atom. The van der Waals surface area contributed by atoms with E-state index in [0.29, 0.717) is 18.4 Å². The molecule has 428 valence electrons. The second-order valence-corrected chi connectivity index (χ2v) is 19.9. The van der Waals surface area contributed by atoms with E-state index in [2.05, 4.69) is 44.1 Å². The van der Waals surface area contributed by atoms with Crippen molar-refractivity contribution in [2.75, 3.05) is 6.54 Å². The van der Waals surface area contributed by atoms with Crippen LogP contribution in [0.2, 0.25) is 0 Å². The first-order chi connectivity index (χ1) is 36.5. The number of aliphatic hydroxyl groups is 1. The zero-order valence-electron chi connectivity index (χ0n) is 44.1. The largest absolute Gasteiger partial charge is 0.508 e. The van der Waals surface area contributed by atoms with Crippen molar-refractivity contribution in [3.05, 3.63) is 29.8 Å². The lowest BCUT2D eigenvalue weighted by molar-refractivity contribution is -0.143. The van der Waals surface area contributed by atoms with Crippen molar-refractivity contribution in [1.82, 2.24) is 42.1 Å². The van der Waals surface area contributed by atoms with Crippen molar-refractivity contribution in [3.8, 4) is 5.75 Å². The smallest absolute Gasteiger partial charge is 0.245 e. The molecule has 12 amide bonds. The molecular weight excluding hydrogens is 1000 g/mol. The molecule has 0 radical (unpaired) electrons. The van der Waals surface area contributed by atoms with Crippen LogP contribution >= 0.6 is 0 Å². The van der Waals surface area contributed by atoms with Crippen LogP contribution < -0.4 is 60.2 Å². The molecule has 2 heterocycles. The number of carbonyl (C=O) groups excluding carboxylic acids is 12. The number of hydrogen-bond donors (Lipinski definition) is 13. The van der Waals surface area contributed by atoms with Gasteiger partial charge in [0.25, 0.3) is 0 Å². The van der Waals surface area contributed by atoms with Gasteiger partial charge in [0.05, 0.1) is 25.4 Å². The fraction of sp³-hybridized carbons (Fsp3) is 0.647. The summed E-state index contributed by atoms with van der Waals surface area (Å²) >= 11 is 0. The zero-order chi connectivity index (χ0) is 57.2. The highest BCUT2D eigenvalue weighted by Gasteiger charge is 2.41. The van der Waals surface area contributed by atoms with Crippen LogP contribution in [-0.4, -0.2) is 147 Å². The maximum atomic E-state index is 14.3. The Hall–Kier alpha value is -7.38. The minimum Gasteiger partial charge on any atom is -0.508 e. The van der Waals surface area contributed by atoms with Gasteiger partial charge >= 0.3 is 0 Å². The van der Waals surface area contributed by atoms with Crippen LogP contribution in [0.15, 0.2) is 24.3 Å². The summed E-state index contributed by atoms with van der Waals surface area (Å²) in [6.45, 7) is 3.25. The molecule has 0 aliphatic carbocycles. The number of rotatable bonds is 24. The first kappa shape index (κ1) is 63.9. The van der Waals surface area contributed by atoms with E-state index < -0.39 is 164 Å². The maximum Gasteiger partial charge on any atom is 0.245 e. The Bertz CT molecular complexity index is 2230. The molecule has 2 fully saturated rings. The minimum absolute atomic E-state index is 0.000556. The van der Waals surface area contributed by atoms with Crippen molar-refractivity contribution in [1.29, 1.82) is 0 Å². The summed E-state index contributed by atoms with van der Waals surface area (Å²) in [5.41, 5.74) is 22.3. The van der Waals surface area contributed by atoms with E-state index in [-0.39, 0.29) is 38.0 Å². The highest BCUT2D eigenvalue weighted by Crippen LogP contribution is 2.21. The first-order valence-electron chi connectivity index (χ1n) is 26.5. The number of nitrogens with two attached hydrogens (primary N) is 4. The van der Waals surface area contributed by atoms with Crippen LogP contribution in [0.4, 0.5) is 0 Å². The molecule has 1 aromatic rings. The average Bonchev–Trinajstić information content (AvgIpc) is 3.85. The van der Waals surface area contributed by atoms with E-state index >= 15 is 0 Å². The first-order valence-corrected chi connectivity index (χ1v) is 26.5. The van der Waals surface area contributed by atoms with Gasteiger partial charge in [0.1, 0.15) is 48.0 Å². The molecule has 0 bridgehead atoms. The summed E-state index contributed by atoms with van der Waals surface area (Å²) in [6, 6.07) is -7.41. The summed E-state index contributed by atoms with van der Waals surface area (Å²) in [6.07, 6.45) is 5.44. The summed E-state index contributed by atoms with van der Waals surface area (Å²) < 4.78 is 0. The molecule has 2 saturated heterocycles. The third kappa shape index (κ3) is 23.2. The molecule has 0 aromatic heterocycles. The van der Waals surface area contributed by atoms with E-state index in [1.165, 1.54) is 50.5 Å². The molecule has 26 heteroatoms. The molecule has 17 N–H and O–H groups in total. The fourth-order valence-corrected chi connectivity index (χ4v) is 9.15. The van der Waals surface area contributed by atoms with Crippen LogP contribution in [-0.2, 0) is 64.0 Å². The third-order valence-electron chi connectivity index (χ3n) is 13.3. The molecule has 77 heavy (non-hydrogen) atoms. The number of phenolic OH excluding ortho intramolecular Hbond substituents is 1. The van der Waals surface area contributed by atoms with Crippen molar-refractivity contribution in [3.63, 3.8) is 0 Å². The highest BCUT2D eigenvalue weighted by molar-refractivity contribution is 6.00. The van der Waals surface area contributed by atoms with Gasteiger partial charge in [-0.3, -0.25) is 57.5 Å². The molecule has 26 nitrogen and oxygen atoms in total. The van der Waals surface area contributed by atoms with Gasteiger partial charge in [0.15, 0.2) is 0 Å². The number of primary amides is 4. The molecule has 2 aliphatic rings. The van der Waals surface area contributed by atoms with Gasteiger partial charge in [0, 0.05) is 31.8 Å². The molecule has 0 saturated carbocycles. The number of aliphatic hydroxyl groups excluding tert-OH is 1. The van der Waals surface area contributed by atoms with Gasteiger partial charge in [0.2, 0.25) is 70.9 Å². The molecule has 9 atom stereocenters. The normalized spacial score (nSPS) is 24.0. The number of unbranched alkanes of at least 4 members (excludes halogenated alkanes) is 10. The lowest BCUT2D eigenvalue weighted by Crippen LogP contribution is -2.61. The summed E-state index contributed by atoms with van der Waals surface area (Å²) in [5.74, 6) is -12.6. The van der Waals surface area contributed by atoms with Crippen molar-refractivity contribution in [2.45, 2.75) is 203 Å². The van der Waals surface area contributed by atoms with Crippen LogP contribution in [0.25, 0.3) is 0 Å². The molecule has 2 aliphatic heterocycles. The number of carbonyl (C=O) groups is 12. The molecular formula is C51H80N12O14.